The number of halogens is 1. The van der Waals surface area contributed by atoms with Gasteiger partial charge >= 0.3 is 0 Å². The molecule has 6 heteroatoms. The molecule has 0 aromatic carbocycles. The molecule has 3 heterocycles. The molecule has 0 amide bonds. The third-order valence-corrected chi connectivity index (χ3v) is 3.73. The van der Waals surface area contributed by atoms with Crippen molar-refractivity contribution >= 4 is 5.95 Å². The standard InChI is InChI=1S/C15H18FN5/c1-21-7-4-12(5-8-21)19-15-18-10-13(16)14(20-15)11-3-2-6-17-9-11/h2-3,6,9-10,12H,4-5,7-8H2,1H3,(H,18,19,20). The molecule has 5 nitrogen and oxygen atoms in total. The predicted molar refractivity (Wildman–Crippen MR) is 79.4 cm³/mol. The van der Waals surface area contributed by atoms with Crippen molar-refractivity contribution in [2.75, 3.05) is 25.5 Å². The van der Waals surface area contributed by atoms with Gasteiger partial charge < -0.3 is 10.2 Å². The topological polar surface area (TPSA) is 53.9 Å². The van der Waals surface area contributed by atoms with Crippen LogP contribution in [0.25, 0.3) is 11.3 Å². The summed E-state index contributed by atoms with van der Waals surface area (Å²) < 4.78 is 13.9. The summed E-state index contributed by atoms with van der Waals surface area (Å²) in [7, 11) is 2.12. The van der Waals surface area contributed by atoms with Crippen LogP contribution in [0.1, 0.15) is 12.8 Å². The highest BCUT2D eigenvalue weighted by Gasteiger charge is 2.18. The monoisotopic (exact) mass is 287 g/mol. The fourth-order valence-electron chi connectivity index (χ4n) is 2.48. The molecule has 0 bridgehead atoms. The zero-order valence-corrected chi connectivity index (χ0v) is 12.0. The lowest BCUT2D eigenvalue weighted by Gasteiger charge is -2.29. The number of likely N-dealkylation sites (tertiary alicyclic amines) is 1. The van der Waals surface area contributed by atoms with Gasteiger partial charge in [-0.2, -0.15) is 0 Å². The van der Waals surface area contributed by atoms with Gasteiger partial charge in [0.05, 0.1) is 6.20 Å². The van der Waals surface area contributed by atoms with Crippen molar-refractivity contribution in [1.29, 1.82) is 0 Å². The van der Waals surface area contributed by atoms with Crippen LogP contribution in [0.4, 0.5) is 10.3 Å². The predicted octanol–water partition coefficient (Wildman–Crippen LogP) is 2.18. The van der Waals surface area contributed by atoms with E-state index in [1.165, 1.54) is 6.20 Å². The normalized spacial score (nSPS) is 16.9. The van der Waals surface area contributed by atoms with Crippen LogP contribution in [0.15, 0.2) is 30.7 Å². The van der Waals surface area contributed by atoms with E-state index in [0.29, 0.717) is 17.6 Å². The van der Waals surface area contributed by atoms with Gasteiger partial charge in [0.25, 0.3) is 0 Å². The van der Waals surface area contributed by atoms with Crippen molar-refractivity contribution in [3.63, 3.8) is 0 Å². The lowest BCUT2D eigenvalue weighted by Crippen LogP contribution is -2.37. The van der Waals surface area contributed by atoms with E-state index < -0.39 is 5.82 Å². The fourth-order valence-corrected chi connectivity index (χ4v) is 2.48. The van der Waals surface area contributed by atoms with Gasteiger partial charge in [0.15, 0.2) is 5.82 Å². The molecule has 3 rings (SSSR count). The molecule has 0 radical (unpaired) electrons. The van der Waals surface area contributed by atoms with Crippen molar-refractivity contribution in [1.82, 2.24) is 19.9 Å². The largest absolute Gasteiger partial charge is 0.351 e. The van der Waals surface area contributed by atoms with Crippen LogP contribution in [0.5, 0.6) is 0 Å². The van der Waals surface area contributed by atoms with Gasteiger partial charge in [-0.15, -0.1) is 0 Å². The molecule has 1 fully saturated rings. The van der Waals surface area contributed by atoms with Crippen LogP contribution in [0.2, 0.25) is 0 Å². The van der Waals surface area contributed by atoms with Crippen molar-refractivity contribution in [2.45, 2.75) is 18.9 Å². The van der Waals surface area contributed by atoms with E-state index in [1.54, 1.807) is 24.5 Å². The first-order valence-corrected chi connectivity index (χ1v) is 7.10. The Balaban J connectivity index is 1.78. The molecule has 1 saturated heterocycles. The Labute approximate surface area is 123 Å². The van der Waals surface area contributed by atoms with Crippen molar-refractivity contribution in [2.24, 2.45) is 0 Å². The summed E-state index contributed by atoms with van der Waals surface area (Å²) in [5.41, 5.74) is 0.942. The number of hydrogen-bond donors (Lipinski definition) is 1. The molecular weight excluding hydrogens is 269 g/mol. The second kappa shape index (κ2) is 6.13. The van der Waals surface area contributed by atoms with Crippen molar-refractivity contribution in [3.05, 3.63) is 36.5 Å². The molecule has 110 valence electrons. The number of pyridine rings is 1. The third kappa shape index (κ3) is 3.33. The number of nitrogens with zero attached hydrogens (tertiary/aromatic N) is 4. The van der Waals surface area contributed by atoms with E-state index in [9.17, 15) is 4.39 Å². The summed E-state index contributed by atoms with van der Waals surface area (Å²) in [5, 5.41) is 3.30. The van der Waals surface area contributed by atoms with Gasteiger partial charge in [0.1, 0.15) is 5.69 Å². The maximum Gasteiger partial charge on any atom is 0.223 e. The summed E-state index contributed by atoms with van der Waals surface area (Å²) in [6, 6.07) is 3.90. The van der Waals surface area contributed by atoms with E-state index in [0.717, 1.165) is 25.9 Å². The molecule has 2 aromatic rings. The highest BCUT2D eigenvalue weighted by molar-refractivity contribution is 5.59. The molecule has 0 atom stereocenters. The Kier molecular flexibility index (Phi) is 4.06. The van der Waals surface area contributed by atoms with E-state index in [4.69, 9.17) is 0 Å². The number of aromatic nitrogens is 3. The molecule has 21 heavy (non-hydrogen) atoms. The zero-order chi connectivity index (χ0) is 14.7. The maximum atomic E-state index is 13.9. The number of anilines is 1. The molecule has 0 unspecified atom stereocenters. The van der Waals surface area contributed by atoms with Crippen molar-refractivity contribution < 1.29 is 4.39 Å². The Morgan fingerprint density at radius 1 is 1.29 bits per heavy atom. The first-order chi connectivity index (χ1) is 10.2. The lowest BCUT2D eigenvalue weighted by molar-refractivity contribution is 0.263. The second-order valence-corrected chi connectivity index (χ2v) is 5.35. The van der Waals surface area contributed by atoms with E-state index in [1.807, 2.05) is 0 Å². The molecule has 2 aromatic heterocycles. The zero-order valence-electron chi connectivity index (χ0n) is 12.0. The molecule has 1 aliphatic heterocycles. The summed E-state index contributed by atoms with van der Waals surface area (Å²) in [4.78, 5) is 14.7. The number of nitrogens with one attached hydrogen (secondary N) is 1. The summed E-state index contributed by atoms with van der Waals surface area (Å²) in [5.74, 6) is 0.0433. The van der Waals surface area contributed by atoms with Gasteiger partial charge in [-0.25, -0.2) is 14.4 Å². The quantitative estimate of drug-likeness (QED) is 0.937. The average Bonchev–Trinajstić information content (AvgIpc) is 2.52. The smallest absolute Gasteiger partial charge is 0.223 e. The van der Waals surface area contributed by atoms with E-state index in [2.05, 4.69) is 32.2 Å². The van der Waals surface area contributed by atoms with Crippen LogP contribution in [-0.2, 0) is 0 Å². The third-order valence-electron chi connectivity index (χ3n) is 3.73. The highest BCUT2D eigenvalue weighted by atomic mass is 19.1. The van der Waals surface area contributed by atoms with Crippen LogP contribution in [0, 0.1) is 5.82 Å². The van der Waals surface area contributed by atoms with Gasteiger partial charge in [-0.3, -0.25) is 4.98 Å². The lowest BCUT2D eigenvalue weighted by atomic mass is 10.1. The molecular formula is C15H18FN5. The summed E-state index contributed by atoms with van der Waals surface area (Å²) in [6.07, 6.45) is 6.55. The minimum Gasteiger partial charge on any atom is -0.351 e. The van der Waals surface area contributed by atoms with E-state index >= 15 is 0 Å². The summed E-state index contributed by atoms with van der Waals surface area (Å²) in [6.45, 7) is 2.10. The van der Waals surface area contributed by atoms with Gasteiger partial charge in [0.2, 0.25) is 5.95 Å². The number of piperidine rings is 1. The SMILES string of the molecule is CN1CCC(Nc2ncc(F)c(-c3cccnc3)n2)CC1. The number of hydrogen-bond acceptors (Lipinski definition) is 5. The molecule has 1 aliphatic rings. The minimum atomic E-state index is -0.433. The molecule has 0 spiro atoms. The van der Waals surface area contributed by atoms with Gasteiger partial charge in [-0.1, -0.05) is 0 Å². The van der Waals surface area contributed by atoms with Crippen LogP contribution >= 0.6 is 0 Å². The Hall–Kier alpha value is -2.08. The van der Waals surface area contributed by atoms with Gasteiger partial charge in [-0.05, 0) is 45.1 Å². The van der Waals surface area contributed by atoms with Crippen LogP contribution < -0.4 is 5.32 Å². The molecule has 0 saturated carbocycles. The van der Waals surface area contributed by atoms with E-state index in [-0.39, 0.29) is 5.69 Å². The van der Waals surface area contributed by atoms with Crippen LogP contribution in [-0.4, -0.2) is 46.0 Å². The minimum absolute atomic E-state index is 0.286. The second-order valence-electron chi connectivity index (χ2n) is 5.35. The Morgan fingerprint density at radius 2 is 2.10 bits per heavy atom. The highest BCUT2D eigenvalue weighted by Crippen LogP contribution is 2.21. The first kappa shape index (κ1) is 13.9. The molecule has 1 N–H and O–H groups in total. The first-order valence-electron chi connectivity index (χ1n) is 7.10. The number of rotatable bonds is 3. The van der Waals surface area contributed by atoms with Gasteiger partial charge in [0, 0.05) is 24.0 Å². The average molecular weight is 287 g/mol. The van der Waals surface area contributed by atoms with Crippen molar-refractivity contribution in [3.8, 4) is 11.3 Å². The summed E-state index contributed by atoms with van der Waals surface area (Å²) >= 11 is 0. The maximum absolute atomic E-state index is 13.9. The Morgan fingerprint density at radius 3 is 2.81 bits per heavy atom. The van der Waals surface area contributed by atoms with Crippen LogP contribution in [0.3, 0.4) is 0 Å². The molecule has 0 aliphatic carbocycles. The fraction of sp³-hybridized carbons (Fsp3) is 0.400. The Bertz CT molecular complexity index is 596.